The number of para-hydroxylation sites is 1. The predicted molar refractivity (Wildman–Crippen MR) is 89.7 cm³/mol. The van der Waals surface area contributed by atoms with Gasteiger partial charge in [0.2, 0.25) is 0 Å². The monoisotopic (exact) mass is 309 g/mol. The molecule has 0 saturated heterocycles. The standard InChI is InChI=1S/C19H19NO3/c1-3-15(13-8-5-4-6-9-13)20-19(21)17-12-14-10-7-11-16(22-2)18(14)23-17/h4-12,15H,3H2,1-2H3,(H,20,21)/t15-/m0/s1. The van der Waals surface area contributed by atoms with Gasteiger partial charge >= 0.3 is 0 Å². The van der Waals surface area contributed by atoms with Crippen molar-refractivity contribution in [3.63, 3.8) is 0 Å². The third kappa shape index (κ3) is 3.06. The maximum atomic E-state index is 12.5. The Morgan fingerprint density at radius 2 is 1.96 bits per heavy atom. The molecule has 1 amide bonds. The van der Waals surface area contributed by atoms with Crippen LogP contribution in [0.3, 0.4) is 0 Å². The molecule has 1 atom stereocenters. The summed E-state index contributed by atoms with van der Waals surface area (Å²) in [5, 5.41) is 3.87. The summed E-state index contributed by atoms with van der Waals surface area (Å²) in [6, 6.07) is 17.2. The van der Waals surface area contributed by atoms with Crippen LogP contribution >= 0.6 is 0 Å². The molecule has 0 unspecified atom stereocenters. The van der Waals surface area contributed by atoms with Crippen LogP contribution in [0.5, 0.6) is 5.75 Å². The van der Waals surface area contributed by atoms with Crippen LogP contribution in [0.1, 0.15) is 35.5 Å². The first-order valence-corrected chi connectivity index (χ1v) is 7.65. The molecule has 118 valence electrons. The number of hydrogen-bond acceptors (Lipinski definition) is 3. The van der Waals surface area contributed by atoms with E-state index >= 15 is 0 Å². The molecule has 3 rings (SSSR count). The number of carbonyl (C=O) groups is 1. The minimum atomic E-state index is -0.223. The van der Waals surface area contributed by atoms with Gasteiger partial charge in [-0.2, -0.15) is 0 Å². The first-order valence-electron chi connectivity index (χ1n) is 7.65. The molecule has 3 aromatic rings. The lowest BCUT2D eigenvalue weighted by atomic mass is 10.0. The predicted octanol–water partition coefficient (Wildman–Crippen LogP) is 4.32. The molecule has 1 aromatic heterocycles. The smallest absolute Gasteiger partial charge is 0.287 e. The number of nitrogens with one attached hydrogen (secondary N) is 1. The van der Waals surface area contributed by atoms with Gasteiger partial charge in [-0.25, -0.2) is 0 Å². The van der Waals surface area contributed by atoms with Gasteiger partial charge in [-0.3, -0.25) is 4.79 Å². The van der Waals surface area contributed by atoms with Gasteiger partial charge in [-0.05, 0) is 24.1 Å². The summed E-state index contributed by atoms with van der Waals surface area (Å²) < 4.78 is 11.0. The van der Waals surface area contributed by atoms with Crippen LogP contribution in [0.25, 0.3) is 11.0 Å². The fraction of sp³-hybridized carbons (Fsp3) is 0.211. The fourth-order valence-electron chi connectivity index (χ4n) is 2.64. The van der Waals surface area contributed by atoms with E-state index in [1.165, 1.54) is 0 Å². The molecular weight excluding hydrogens is 290 g/mol. The first-order chi connectivity index (χ1) is 11.2. The second-order valence-corrected chi connectivity index (χ2v) is 5.33. The summed E-state index contributed by atoms with van der Waals surface area (Å²) in [6.45, 7) is 2.04. The number of methoxy groups -OCH3 is 1. The Morgan fingerprint density at radius 3 is 2.65 bits per heavy atom. The maximum Gasteiger partial charge on any atom is 0.287 e. The lowest BCUT2D eigenvalue weighted by Gasteiger charge is -2.16. The van der Waals surface area contributed by atoms with Gasteiger partial charge in [0, 0.05) is 5.39 Å². The molecule has 0 radical (unpaired) electrons. The van der Waals surface area contributed by atoms with E-state index in [9.17, 15) is 4.79 Å². The van der Waals surface area contributed by atoms with Crippen molar-refractivity contribution in [2.24, 2.45) is 0 Å². The summed E-state index contributed by atoms with van der Waals surface area (Å²) in [4.78, 5) is 12.5. The molecule has 0 bridgehead atoms. The number of hydrogen-bond donors (Lipinski definition) is 1. The van der Waals surface area contributed by atoms with Crippen molar-refractivity contribution in [2.75, 3.05) is 7.11 Å². The lowest BCUT2D eigenvalue weighted by molar-refractivity contribution is 0.0909. The molecule has 4 nitrogen and oxygen atoms in total. The largest absolute Gasteiger partial charge is 0.493 e. The van der Waals surface area contributed by atoms with Crippen molar-refractivity contribution < 1.29 is 13.9 Å². The van der Waals surface area contributed by atoms with Crippen LogP contribution in [0.4, 0.5) is 0 Å². The fourth-order valence-corrected chi connectivity index (χ4v) is 2.64. The summed E-state index contributed by atoms with van der Waals surface area (Å²) in [7, 11) is 1.58. The Morgan fingerprint density at radius 1 is 1.17 bits per heavy atom. The van der Waals surface area contributed by atoms with Gasteiger partial charge in [-0.1, -0.05) is 49.4 Å². The zero-order chi connectivity index (χ0) is 16.2. The molecular formula is C19H19NO3. The van der Waals surface area contributed by atoms with E-state index in [0.29, 0.717) is 17.1 Å². The van der Waals surface area contributed by atoms with Crippen LogP contribution < -0.4 is 10.1 Å². The van der Waals surface area contributed by atoms with Crippen molar-refractivity contribution in [3.8, 4) is 5.75 Å². The van der Waals surface area contributed by atoms with Crippen molar-refractivity contribution in [3.05, 3.63) is 65.9 Å². The van der Waals surface area contributed by atoms with Gasteiger partial charge in [0.05, 0.1) is 13.2 Å². The Labute approximate surface area is 135 Å². The number of fused-ring (bicyclic) bond motifs is 1. The molecule has 1 heterocycles. The third-order valence-corrected chi connectivity index (χ3v) is 3.87. The normalized spacial score (nSPS) is 12.1. The molecule has 2 aromatic carbocycles. The highest BCUT2D eigenvalue weighted by atomic mass is 16.5. The van der Waals surface area contributed by atoms with Gasteiger partial charge < -0.3 is 14.5 Å². The van der Waals surface area contributed by atoms with Crippen LogP contribution in [-0.4, -0.2) is 13.0 Å². The van der Waals surface area contributed by atoms with E-state index in [1.807, 2.05) is 55.5 Å². The topological polar surface area (TPSA) is 51.5 Å². The maximum absolute atomic E-state index is 12.5. The first kappa shape index (κ1) is 15.2. The number of benzene rings is 2. The molecule has 0 saturated carbocycles. The Kier molecular flexibility index (Phi) is 4.33. The Balaban J connectivity index is 1.85. The van der Waals surface area contributed by atoms with E-state index in [0.717, 1.165) is 17.4 Å². The summed E-state index contributed by atoms with van der Waals surface area (Å²) in [5.41, 5.74) is 1.67. The zero-order valence-corrected chi connectivity index (χ0v) is 13.2. The molecule has 23 heavy (non-hydrogen) atoms. The van der Waals surface area contributed by atoms with Crippen molar-refractivity contribution in [1.29, 1.82) is 0 Å². The zero-order valence-electron chi connectivity index (χ0n) is 13.2. The SMILES string of the molecule is CC[C@H](NC(=O)c1cc2cccc(OC)c2o1)c1ccccc1. The molecule has 0 spiro atoms. The molecule has 0 aliphatic rings. The summed E-state index contributed by atoms with van der Waals surface area (Å²) in [6.07, 6.45) is 0.805. The molecule has 1 N–H and O–H groups in total. The number of amides is 1. The van der Waals surface area contributed by atoms with Gasteiger partial charge in [0.25, 0.3) is 5.91 Å². The highest BCUT2D eigenvalue weighted by Gasteiger charge is 2.18. The number of rotatable bonds is 5. The Bertz CT molecular complexity index is 808. The minimum Gasteiger partial charge on any atom is -0.493 e. The molecule has 4 heteroatoms. The second kappa shape index (κ2) is 6.57. The molecule has 0 aliphatic heterocycles. The van der Waals surface area contributed by atoms with Crippen molar-refractivity contribution in [1.82, 2.24) is 5.32 Å². The van der Waals surface area contributed by atoms with Crippen LogP contribution in [0.15, 0.2) is 59.0 Å². The average molecular weight is 309 g/mol. The minimum absolute atomic E-state index is 0.0428. The summed E-state index contributed by atoms with van der Waals surface area (Å²) in [5.74, 6) is 0.689. The van der Waals surface area contributed by atoms with E-state index in [4.69, 9.17) is 9.15 Å². The van der Waals surface area contributed by atoms with Gasteiger partial charge in [0.1, 0.15) is 0 Å². The quantitative estimate of drug-likeness (QED) is 0.763. The van der Waals surface area contributed by atoms with Gasteiger partial charge in [0.15, 0.2) is 17.1 Å². The van der Waals surface area contributed by atoms with Crippen molar-refractivity contribution >= 4 is 16.9 Å². The lowest BCUT2D eigenvalue weighted by Crippen LogP contribution is -2.27. The number of carbonyl (C=O) groups excluding carboxylic acids is 1. The van der Waals surface area contributed by atoms with E-state index in [2.05, 4.69) is 5.32 Å². The van der Waals surface area contributed by atoms with Crippen molar-refractivity contribution in [2.45, 2.75) is 19.4 Å². The molecule has 0 fully saturated rings. The van der Waals surface area contributed by atoms with Crippen LogP contribution in [0, 0.1) is 0 Å². The van der Waals surface area contributed by atoms with Crippen LogP contribution in [-0.2, 0) is 0 Å². The second-order valence-electron chi connectivity index (χ2n) is 5.33. The van der Waals surface area contributed by atoms with Gasteiger partial charge in [-0.15, -0.1) is 0 Å². The number of furan rings is 1. The highest BCUT2D eigenvalue weighted by molar-refractivity contribution is 5.97. The highest BCUT2D eigenvalue weighted by Crippen LogP contribution is 2.28. The summed E-state index contributed by atoms with van der Waals surface area (Å²) >= 11 is 0. The van der Waals surface area contributed by atoms with E-state index in [-0.39, 0.29) is 11.9 Å². The third-order valence-electron chi connectivity index (χ3n) is 3.87. The Hall–Kier alpha value is -2.75. The number of ether oxygens (including phenoxy) is 1. The average Bonchev–Trinajstić information content (AvgIpc) is 3.04. The molecule has 0 aliphatic carbocycles. The van der Waals surface area contributed by atoms with E-state index in [1.54, 1.807) is 13.2 Å². The van der Waals surface area contributed by atoms with Crippen LogP contribution in [0.2, 0.25) is 0 Å². The van der Waals surface area contributed by atoms with E-state index < -0.39 is 0 Å².